The van der Waals surface area contributed by atoms with E-state index in [1.807, 2.05) is 4.68 Å². The van der Waals surface area contributed by atoms with Gasteiger partial charge in [0.05, 0.1) is 23.0 Å². The Morgan fingerprint density at radius 1 is 1.28 bits per heavy atom. The standard InChI is InChI=1S/C13H24ClN3O/c1-4-7-16(8-9-18)10-12-13(14)11(5-2)15-17(12)6-3/h18H,4-10H2,1-3H3. The van der Waals surface area contributed by atoms with Crippen LogP contribution in [0.25, 0.3) is 0 Å². The second-order valence-electron chi connectivity index (χ2n) is 4.38. The van der Waals surface area contributed by atoms with Crippen molar-refractivity contribution in [2.75, 3.05) is 19.7 Å². The van der Waals surface area contributed by atoms with E-state index in [1.54, 1.807) is 0 Å². The second kappa shape index (κ2) is 7.77. The van der Waals surface area contributed by atoms with Crippen molar-refractivity contribution in [2.24, 2.45) is 0 Å². The number of rotatable bonds is 8. The fraction of sp³-hybridized carbons (Fsp3) is 0.769. The highest BCUT2D eigenvalue weighted by molar-refractivity contribution is 6.31. The number of nitrogens with zero attached hydrogens (tertiary/aromatic N) is 3. The lowest BCUT2D eigenvalue weighted by atomic mass is 10.2. The Bertz CT molecular complexity index is 359. The van der Waals surface area contributed by atoms with Gasteiger partial charge in [-0.3, -0.25) is 9.58 Å². The zero-order valence-corrected chi connectivity index (χ0v) is 12.4. The Balaban J connectivity index is 2.89. The molecule has 0 saturated heterocycles. The van der Waals surface area contributed by atoms with Crippen LogP contribution >= 0.6 is 11.6 Å². The first kappa shape index (κ1) is 15.5. The summed E-state index contributed by atoms with van der Waals surface area (Å²) >= 11 is 6.38. The second-order valence-corrected chi connectivity index (χ2v) is 4.75. The Labute approximate surface area is 115 Å². The molecule has 0 aliphatic rings. The molecule has 0 aromatic carbocycles. The predicted molar refractivity (Wildman–Crippen MR) is 74.9 cm³/mol. The van der Waals surface area contributed by atoms with Gasteiger partial charge >= 0.3 is 0 Å². The molecule has 1 N–H and O–H groups in total. The molecule has 0 atom stereocenters. The highest BCUT2D eigenvalue weighted by Gasteiger charge is 2.16. The maximum absolute atomic E-state index is 9.09. The van der Waals surface area contributed by atoms with Crippen LogP contribution < -0.4 is 0 Å². The van der Waals surface area contributed by atoms with Crippen molar-refractivity contribution in [3.05, 3.63) is 16.4 Å². The highest BCUT2D eigenvalue weighted by atomic mass is 35.5. The van der Waals surface area contributed by atoms with Crippen molar-refractivity contribution in [3.8, 4) is 0 Å². The smallest absolute Gasteiger partial charge is 0.0863 e. The first-order valence-electron chi connectivity index (χ1n) is 6.75. The largest absolute Gasteiger partial charge is 0.395 e. The van der Waals surface area contributed by atoms with E-state index in [-0.39, 0.29) is 6.61 Å². The van der Waals surface area contributed by atoms with Crippen LogP contribution in [0.15, 0.2) is 0 Å². The third-order valence-corrected chi connectivity index (χ3v) is 3.46. The van der Waals surface area contributed by atoms with Gasteiger partial charge in [-0.15, -0.1) is 0 Å². The minimum Gasteiger partial charge on any atom is -0.395 e. The Morgan fingerprint density at radius 2 is 2.00 bits per heavy atom. The summed E-state index contributed by atoms with van der Waals surface area (Å²) in [7, 11) is 0. The van der Waals surface area contributed by atoms with Gasteiger partial charge in [-0.25, -0.2) is 0 Å². The molecule has 18 heavy (non-hydrogen) atoms. The average molecular weight is 274 g/mol. The van der Waals surface area contributed by atoms with E-state index < -0.39 is 0 Å². The average Bonchev–Trinajstić information content (AvgIpc) is 2.67. The Morgan fingerprint density at radius 3 is 2.50 bits per heavy atom. The number of halogens is 1. The van der Waals surface area contributed by atoms with E-state index in [2.05, 4.69) is 30.8 Å². The van der Waals surface area contributed by atoms with Crippen LogP contribution in [0, 0.1) is 0 Å². The number of hydrogen-bond acceptors (Lipinski definition) is 3. The third kappa shape index (κ3) is 3.70. The summed E-state index contributed by atoms with van der Waals surface area (Å²) in [6.45, 7) is 9.69. The Kier molecular flexibility index (Phi) is 6.68. The SMILES string of the molecule is CCCN(CCO)Cc1c(Cl)c(CC)nn1CC. The van der Waals surface area contributed by atoms with Gasteiger partial charge in [0.2, 0.25) is 0 Å². The van der Waals surface area contributed by atoms with Gasteiger partial charge in [-0.2, -0.15) is 5.10 Å². The van der Waals surface area contributed by atoms with E-state index in [4.69, 9.17) is 16.7 Å². The topological polar surface area (TPSA) is 41.3 Å². The molecule has 1 rings (SSSR count). The normalized spacial score (nSPS) is 11.4. The molecule has 0 aliphatic carbocycles. The van der Waals surface area contributed by atoms with Gasteiger partial charge in [-0.05, 0) is 26.3 Å². The van der Waals surface area contributed by atoms with E-state index in [1.165, 1.54) is 0 Å². The van der Waals surface area contributed by atoms with Crippen LogP contribution in [0.2, 0.25) is 5.02 Å². The minimum atomic E-state index is 0.179. The van der Waals surface area contributed by atoms with Crippen molar-refractivity contribution in [3.63, 3.8) is 0 Å². The number of aliphatic hydroxyl groups is 1. The number of hydrogen-bond donors (Lipinski definition) is 1. The molecule has 0 spiro atoms. The summed E-state index contributed by atoms with van der Waals surface area (Å²) in [4.78, 5) is 2.22. The molecule has 0 saturated carbocycles. The quantitative estimate of drug-likeness (QED) is 0.790. The van der Waals surface area contributed by atoms with Gasteiger partial charge in [0.15, 0.2) is 0 Å². The van der Waals surface area contributed by atoms with E-state index >= 15 is 0 Å². The molecule has 0 unspecified atom stereocenters. The van der Waals surface area contributed by atoms with Crippen LogP contribution in [0.4, 0.5) is 0 Å². The lowest BCUT2D eigenvalue weighted by Gasteiger charge is -2.21. The predicted octanol–water partition coefficient (Wildman–Crippen LogP) is 2.32. The third-order valence-electron chi connectivity index (χ3n) is 3.02. The molecule has 5 heteroatoms. The molecule has 0 bridgehead atoms. The zero-order valence-electron chi connectivity index (χ0n) is 11.6. The van der Waals surface area contributed by atoms with E-state index in [9.17, 15) is 0 Å². The molecule has 0 fully saturated rings. The van der Waals surface area contributed by atoms with Crippen molar-refractivity contribution >= 4 is 11.6 Å². The summed E-state index contributed by atoms with van der Waals surface area (Å²) in [6, 6.07) is 0. The number of aromatic nitrogens is 2. The first-order chi connectivity index (χ1) is 8.67. The summed E-state index contributed by atoms with van der Waals surface area (Å²) in [5.74, 6) is 0. The first-order valence-corrected chi connectivity index (χ1v) is 7.12. The summed E-state index contributed by atoms with van der Waals surface area (Å²) in [5, 5.41) is 14.4. The fourth-order valence-electron chi connectivity index (χ4n) is 2.11. The summed E-state index contributed by atoms with van der Waals surface area (Å²) < 4.78 is 1.97. The molecule has 1 aromatic rings. The highest BCUT2D eigenvalue weighted by Crippen LogP contribution is 2.23. The van der Waals surface area contributed by atoms with Gasteiger partial charge in [0.1, 0.15) is 0 Å². The summed E-state index contributed by atoms with van der Waals surface area (Å²) in [6.07, 6.45) is 1.92. The maximum atomic E-state index is 9.09. The van der Waals surface area contributed by atoms with Gasteiger partial charge in [-0.1, -0.05) is 25.4 Å². The van der Waals surface area contributed by atoms with Crippen LogP contribution in [-0.4, -0.2) is 39.5 Å². The van der Waals surface area contributed by atoms with E-state index in [0.29, 0.717) is 6.54 Å². The number of aryl methyl sites for hydroxylation is 2. The van der Waals surface area contributed by atoms with Crippen LogP contribution in [0.5, 0.6) is 0 Å². The van der Waals surface area contributed by atoms with Gasteiger partial charge < -0.3 is 5.11 Å². The number of aliphatic hydroxyl groups excluding tert-OH is 1. The van der Waals surface area contributed by atoms with Crippen molar-refractivity contribution in [2.45, 2.75) is 46.7 Å². The molecular weight excluding hydrogens is 250 g/mol. The monoisotopic (exact) mass is 273 g/mol. The maximum Gasteiger partial charge on any atom is 0.0863 e. The van der Waals surface area contributed by atoms with Crippen molar-refractivity contribution in [1.29, 1.82) is 0 Å². The molecule has 104 valence electrons. The molecular formula is C13H24ClN3O. The molecule has 0 radical (unpaired) electrons. The molecule has 1 heterocycles. The zero-order chi connectivity index (χ0) is 13.5. The molecule has 1 aromatic heterocycles. The van der Waals surface area contributed by atoms with Crippen molar-refractivity contribution in [1.82, 2.24) is 14.7 Å². The fourth-order valence-corrected chi connectivity index (χ4v) is 2.44. The van der Waals surface area contributed by atoms with Gasteiger partial charge in [0, 0.05) is 19.6 Å². The molecule has 0 amide bonds. The molecule has 4 nitrogen and oxygen atoms in total. The van der Waals surface area contributed by atoms with Crippen molar-refractivity contribution < 1.29 is 5.11 Å². The summed E-state index contributed by atoms with van der Waals surface area (Å²) in [5.41, 5.74) is 2.03. The van der Waals surface area contributed by atoms with Gasteiger partial charge in [0.25, 0.3) is 0 Å². The lowest BCUT2D eigenvalue weighted by Crippen LogP contribution is -2.28. The van der Waals surface area contributed by atoms with E-state index in [0.717, 1.165) is 48.9 Å². The lowest BCUT2D eigenvalue weighted by molar-refractivity contribution is 0.187. The molecule has 0 aliphatic heterocycles. The van der Waals surface area contributed by atoms with Crippen LogP contribution in [-0.2, 0) is 19.5 Å². The van der Waals surface area contributed by atoms with Crippen LogP contribution in [0.1, 0.15) is 38.6 Å². The Hall–Kier alpha value is -0.580. The minimum absolute atomic E-state index is 0.179. The van der Waals surface area contributed by atoms with Crippen LogP contribution in [0.3, 0.4) is 0 Å².